The van der Waals surface area contributed by atoms with Crippen LogP contribution in [0.25, 0.3) is 5.57 Å². The van der Waals surface area contributed by atoms with Gasteiger partial charge in [0, 0.05) is 23.6 Å². The van der Waals surface area contributed by atoms with Crippen LogP contribution in [-0.4, -0.2) is 74.2 Å². The normalized spacial score (nSPS) is 18.9. The van der Waals surface area contributed by atoms with Gasteiger partial charge in [-0.05, 0) is 20.8 Å². The third kappa shape index (κ3) is 6.74. The van der Waals surface area contributed by atoms with Crippen LogP contribution >= 0.6 is 46.3 Å². The minimum absolute atomic E-state index is 0.0447. The lowest BCUT2D eigenvalue weighted by molar-refractivity contribution is -0.150. The number of anilines is 1. The van der Waals surface area contributed by atoms with Crippen molar-refractivity contribution in [1.82, 2.24) is 15.2 Å². The van der Waals surface area contributed by atoms with Crippen molar-refractivity contribution in [3.8, 4) is 0 Å². The molecule has 16 heteroatoms. The Morgan fingerprint density at radius 1 is 1.27 bits per heavy atom. The zero-order valence-corrected chi connectivity index (χ0v) is 23.1. The molecule has 1 saturated heterocycles. The Labute approximate surface area is 229 Å². The Morgan fingerprint density at radius 3 is 2.51 bits per heavy atom. The zero-order chi connectivity index (χ0) is 27.7. The number of carbonyl (C=O) groups is 5. The van der Waals surface area contributed by atoms with E-state index in [1.165, 1.54) is 24.1 Å². The Balaban J connectivity index is 1.73. The highest BCUT2D eigenvalue weighted by atomic mass is 35.5. The lowest BCUT2D eigenvalue weighted by atomic mass is 10.0. The monoisotopic (exact) mass is 592 g/mol. The zero-order valence-electron chi connectivity index (χ0n) is 19.9. The second-order valence-electron chi connectivity index (χ2n) is 8.70. The maximum atomic E-state index is 13.0. The Hall–Kier alpha value is -2.81. The highest BCUT2D eigenvalue weighted by Gasteiger charge is 2.54. The summed E-state index contributed by atoms with van der Waals surface area (Å²) in [4.78, 5) is 66.0. The largest absolute Gasteiger partial charge is 0.477 e. The predicted octanol–water partition coefficient (Wildman–Crippen LogP) is 2.94. The molecule has 1 unspecified atom stereocenters. The fourth-order valence-corrected chi connectivity index (χ4v) is 5.71. The summed E-state index contributed by atoms with van der Waals surface area (Å²) >= 11 is 14.1. The molecule has 0 aromatic carbocycles. The molecule has 1 aromatic rings. The van der Waals surface area contributed by atoms with Gasteiger partial charge in [-0.15, -0.1) is 23.1 Å². The highest BCUT2D eigenvalue weighted by Crippen LogP contribution is 2.41. The van der Waals surface area contributed by atoms with Gasteiger partial charge in [0.2, 0.25) is 0 Å². The van der Waals surface area contributed by atoms with Crippen molar-refractivity contribution in [2.24, 2.45) is 0 Å². The van der Waals surface area contributed by atoms with E-state index in [2.05, 4.69) is 15.6 Å². The van der Waals surface area contributed by atoms with Crippen LogP contribution in [0.2, 0.25) is 0 Å². The number of ether oxygens (including phenoxy) is 2. The minimum Gasteiger partial charge on any atom is -0.477 e. The Morgan fingerprint density at radius 2 is 1.95 bits per heavy atom. The summed E-state index contributed by atoms with van der Waals surface area (Å²) in [5, 5.41) is 15.5. The number of carboxylic acid groups (broad SMARTS) is 1. The molecular formula is C21H22Cl2N4O8S2. The quantitative estimate of drug-likeness (QED) is 0.243. The van der Waals surface area contributed by atoms with Gasteiger partial charge in [-0.3, -0.25) is 24.6 Å². The SMILES string of the molecule is CC(=O)OCC1=C(C(=O)O)N2C(=O)C(NC(=O)C(=C(Cl)Cl)c3csc(NC(=O)OC(C)(C)C)n3)[C@@H]2SC1. The van der Waals surface area contributed by atoms with Gasteiger partial charge in [0.25, 0.3) is 11.8 Å². The molecule has 3 heterocycles. The molecule has 37 heavy (non-hydrogen) atoms. The van der Waals surface area contributed by atoms with Crippen LogP contribution in [0.1, 0.15) is 33.4 Å². The summed E-state index contributed by atoms with van der Waals surface area (Å²) in [6, 6.07) is -1.07. The van der Waals surface area contributed by atoms with Crippen LogP contribution in [0.4, 0.5) is 9.93 Å². The lowest BCUT2D eigenvalue weighted by Crippen LogP contribution is -2.70. The summed E-state index contributed by atoms with van der Waals surface area (Å²) in [6.07, 6.45) is -0.745. The van der Waals surface area contributed by atoms with Gasteiger partial charge >= 0.3 is 18.0 Å². The average molecular weight is 593 g/mol. The molecule has 200 valence electrons. The molecule has 1 fully saturated rings. The number of carboxylic acids is 1. The number of halogens is 2. The number of aliphatic carboxylic acids is 1. The molecule has 3 N–H and O–H groups in total. The first kappa shape index (κ1) is 28.8. The van der Waals surface area contributed by atoms with Crippen LogP contribution in [0, 0.1) is 0 Å². The molecule has 3 amide bonds. The summed E-state index contributed by atoms with van der Waals surface area (Å²) in [5.41, 5.74) is -0.953. The number of fused-ring (bicyclic) bond motifs is 1. The number of aromatic nitrogens is 1. The van der Waals surface area contributed by atoms with Gasteiger partial charge < -0.3 is 19.9 Å². The molecule has 12 nitrogen and oxygen atoms in total. The number of rotatable bonds is 7. The van der Waals surface area contributed by atoms with Crippen molar-refractivity contribution < 1.29 is 38.6 Å². The highest BCUT2D eigenvalue weighted by molar-refractivity contribution is 8.00. The van der Waals surface area contributed by atoms with Gasteiger partial charge in [-0.2, -0.15) is 0 Å². The number of esters is 1. The summed E-state index contributed by atoms with van der Waals surface area (Å²) in [7, 11) is 0. The molecule has 0 aliphatic carbocycles. The van der Waals surface area contributed by atoms with Crippen LogP contribution in [0.5, 0.6) is 0 Å². The van der Waals surface area contributed by atoms with Gasteiger partial charge in [0.1, 0.15) is 33.8 Å². The molecule has 0 saturated carbocycles. The number of nitrogens with one attached hydrogen (secondary N) is 2. The van der Waals surface area contributed by atoms with E-state index in [0.717, 1.165) is 16.2 Å². The third-order valence-electron chi connectivity index (χ3n) is 4.77. The Kier molecular flexibility index (Phi) is 8.78. The number of β-lactam (4-membered cyclic amide) rings is 1. The van der Waals surface area contributed by atoms with Crippen molar-refractivity contribution >= 4 is 86.9 Å². The second-order valence-corrected chi connectivity index (χ2v) is 11.6. The van der Waals surface area contributed by atoms with Crippen LogP contribution < -0.4 is 10.6 Å². The predicted molar refractivity (Wildman–Crippen MR) is 137 cm³/mol. The smallest absolute Gasteiger partial charge is 0.413 e. The molecule has 0 spiro atoms. The van der Waals surface area contributed by atoms with Crippen molar-refractivity contribution in [2.75, 3.05) is 17.7 Å². The maximum Gasteiger partial charge on any atom is 0.413 e. The molecule has 2 aliphatic heterocycles. The van der Waals surface area contributed by atoms with Crippen LogP contribution in [0.3, 0.4) is 0 Å². The Bertz CT molecular complexity index is 1220. The summed E-state index contributed by atoms with van der Waals surface area (Å²) in [5.74, 6) is -3.27. The van der Waals surface area contributed by atoms with E-state index in [1.54, 1.807) is 20.8 Å². The van der Waals surface area contributed by atoms with Crippen molar-refractivity contribution in [3.05, 3.63) is 26.8 Å². The second kappa shape index (κ2) is 11.3. The first-order valence-corrected chi connectivity index (χ1v) is 13.2. The van der Waals surface area contributed by atoms with Crippen LogP contribution in [0.15, 0.2) is 21.1 Å². The third-order valence-corrected chi connectivity index (χ3v) is 7.25. The number of hydrogen-bond donors (Lipinski definition) is 3. The van der Waals surface area contributed by atoms with Gasteiger partial charge in [-0.1, -0.05) is 23.2 Å². The van der Waals surface area contributed by atoms with Crippen molar-refractivity contribution in [1.29, 1.82) is 0 Å². The molecule has 1 aromatic heterocycles. The van der Waals surface area contributed by atoms with Crippen molar-refractivity contribution in [2.45, 2.75) is 44.7 Å². The first-order chi connectivity index (χ1) is 17.2. The molecule has 2 aliphatic rings. The average Bonchev–Trinajstić information content (AvgIpc) is 3.20. The number of thioether (sulfide) groups is 1. The fraction of sp³-hybridized carbons (Fsp3) is 0.429. The lowest BCUT2D eigenvalue weighted by Gasteiger charge is -2.49. The number of hydrogen-bond acceptors (Lipinski definition) is 10. The standard InChI is InChI=1S/C21H22Cl2N4O8S2/c1-8(28)34-5-9-6-36-17-12(16(30)27(17)13(9)18(31)32)25-15(29)11(14(22)23)10-7-37-19(24-10)26-20(33)35-21(2,3)4/h7,12,17H,5-6H2,1-4H3,(H,25,29)(H,31,32)(H,24,26,33)/t12?,17-/m0/s1. The van der Waals surface area contributed by atoms with E-state index in [-0.39, 0.29) is 40.0 Å². The molecule has 3 rings (SSSR count). The van der Waals surface area contributed by atoms with E-state index in [0.29, 0.717) is 0 Å². The van der Waals surface area contributed by atoms with E-state index < -0.39 is 51.4 Å². The van der Waals surface area contributed by atoms with Gasteiger partial charge in [-0.25, -0.2) is 14.6 Å². The van der Waals surface area contributed by atoms with E-state index in [4.69, 9.17) is 32.7 Å². The fourth-order valence-electron chi connectivity index (χ4n) is 3.33. The molecule has 0 radical (unpaired) electrons. The number of thiazole rings is 1. The van der Waals surface area contributed by atoms with Crippen LogP contribution in [-0.2, 0) is 28.7 Å². The van der Waals surface area contributed by atoms with E-state index >= 15 is 0 Å². The first-order valence-electron chi connectivity index (χ1n) is 10.5. The molecule has 2 atom stereocenters. The summed E-state index contributed by atoms with van der Waals surface area (Å²) in [6.45, 7) is 6.01. The molecular weight excluding hydrogens is 571 g/mol. The van der Waals surface area contributed by atoms with Gasteiger partial charge in [0.15, 0.2) is 5.13 Å². The number of amides is 3. The molecule has 0 bridgehead atoms. The van der Waals surface area contributed by atoms with E-state index in [9.17, 15) is 29.1 Å². The topological polar surface area (TPSA) is 164 Å². The summed E-state index contributed by atoms with van der Waals surface area (Å²) < 4.78 is 9.63. The van der Waals surface area contributed by atoms with Gasteiger partial charge in [0.05, 0.1) is 11.3 Å². The maximum absolute atomic E-state index is 13.0. The van der Waals surface area contributed by atoms with E-state index in [1.807, 2.05) is 0 Å². The minimum atomic E-state index is -1.36. The van der Waals surface area contributed by atoms with Crippen molar-refractivity contribution in [3.63, 3.8) is 0 Å². The number of nitrogens with zero attached hydrogens (tertiary/aromatic N) is 2. The number of carbonyl (C=O) groups excluding carboxylic acids is 4.